The number of hydrogen-bond donors (Lipinski definition) is 1. The number of hydrogen-bond acceptors (Lipinski definition) is 1. The van der Waals surface area contributed by atoms with Gasteiger partial charge in [-0.05, 0) is 49.9 Å². The van der Waals surface area contributed by atoms with Crippen molar-refractivity contribution in [2.75, 3.05) is 0 Å². The molecule has 0 saturated heterocycles. The van der Waals surface area contributed by atoms with E-state index in [4.69, 9.17) is 0 Å². The lowest BCUT2D eigenvalue weighted by atomic mass is 9.49. The van der Waals surface area contributed by atoms with Gasteiger partial charge in [-0.3, -0.25) is 4.79 Å². The highest BCUT2D eigenvalue weighted by molar-refractivity contribution is 5.75. The van der Waals surface area contributed by atoms with E-state index in [1.807, 2.05) is 0 Å². The number of carboxylic acid groups (broad SMARTS) is 1. The zero-order valence-electron chi connectivity index (χ0n) is 8.08. The molecule has 0 aromatic heterocycles. The zero-order valence-corrected chi connectivity index (χ0v) is 8.08. The number of alkyl halides is 1. The summed E-state index contributed by atoms with van der Waals surface area (Å²) in [4.78, 5) is 11.2. The van der Waals surface area contributed by atoms with Gasteiger partial charge >= 0.3 is 5.97 Å². The van der Waals surface area contributed by atoms with Crippen LogP contribution in [0.1, 0.15) is 32.1 Å². The minimum absolute atomic E-state index is 0.0531. The van der Waals surface area contributed by atoms with Crippen LogP contribution >= 0.6 is 0 Å². The molecule has 0 spiro atoms. The Bertz CT molecular complexity index is 273. The lowest BCUT2D eigenvalue weighted by Gasteiger charge is -2.56. The molecule has 1 N–H and O–H groups in total. The van der Waals surface area contributed by atoms with Gasteiger partial charge in [0.25, 0.3) is 0 Å². The van der Waals surface area contributed by atoms with Crippen molar-refractivity contribution in [1.29, 1.82) is 0 Å². The van der Waals surface area contributed by atoms with Crippen LogP contribution in [0.4, 0.5) is 4.39 Å². The molecule has 4 aliphatic carbocycles. The van der Waals surface area contributed by atoms with Crippen molar-refractivity contribution in [1.82, 2.24) is 0 Å². The molecular formula is C11H15FO2. The maximum Gasteiger partial charge on any atom is 0.309 e. The lowest BCUT2D eigenvalue weighted by molar-refractivity contribution is -0.171. The summed E-state index contributed by atoms with van der Waals surface area (Å²) in [6.07, 6.45) is 3.16. The van der Waals surface area contributed by atoms with E-state index < -0.39 is 17.6 Å². The molecule has 5 atom stereocenters. The van der Waals surface area contributed by atoms with Crippen LogP contribution in [0.5, 0.6) is 0 Å². The van der Waals surface area contributed by atoms with Crippen molar-refractivity contribution in [2.24, 2.45) is 23.2 Å². The van der Waals surface area contributed by atoms with Gasteiger partial charge in [-0.2, -0.15) is 0 Å². The van der Waals surface area contributed by atoms with Crippen LogP contribution in [0.2, 0.25) is 0 Å². The third-order valence-corrected chi connectivity index (χ3v) is 4.61. The van der Waals surface area contributed by atoms with Crippen LogP contribution in [0, 0.1) is 23.2 Å². The molecule has 14 heavy (non-hydrogen) atoms. The van der Waals surface area contributed by atoms with E-state index in [0.29, 0.717) is 18.8 Å². The van der Waals surface area contributed by atoms with Gasteiger partial charge in [0.15, 0.2) is 0 Å². The summed E-state index contributed by atoms with van der Waals surface area (Å²) < 4.78 is 13.7. The third-order valence-electron chi connectivity index (χ3n) is 4.61. The van der Waals surface area contributed by atoms with Crippen molar-refractivity contribution in [2.45, 2.75) is 38.3 Å². The Hall–Kier alpha value is -0.600. The van der Waals surface area contributed by atoms with Crippen LogP contribution in [-0.4, -0.2) is 17.2 Å². The fraction of sp³-hybridized carbons (Fsp3) is 0.909. The highest BCUT2D eigenvalue weighted by Gasteiger charge is 2.58. The molecule has 4 aliphatic rings. The van der Waals surface area contributed by atoms with Gasteiger partial charge in [0.05, 0.1) is 5.41 Å². The van der Waals surface area contributed by atoms with E-state index >= 15 is 0 Å². The summed E-state index contributed by atoms with van der Waals surface area (Å²) in [6, 6.07) is 0. The molecule has 0 aromatic carbocycles. The van der Waals surface area contributed by atoms with Crippen LogP contribution in [-0.2, 0) is 4.79 Å². The number of aliphatic carboxylic acids is 1. The molecular weight excluding hydrogens is 183 g/mol. The Balaban J connectivity index is 1.96. The smallest absolute Gasteiger partial charge is 0.309 e. The Morgan fingerprint density at radius 1 is 1.21 bits per heavy atom. The Morgan fingerprint density at radius 3 is 2.29 bits per heavy atom. The first-order chi connectivity index (χ1) is 6.61. The Kier molecular flexibility index (Phi) is 1.55. The fourth-order valence-electron chi connectivity index (χ4n) is 4.22. The largest absolute Gasteiger partial charge is 0.481 e. The van der Waals surface area contributed by atoms with Crippen LogP contribution in [0.15, 0.2) is 0 Å². The molecule has 3 heteroatoms. The van der Waals surface area contributed by atoms with Gasteiger partial charge in [-0.1, -0.05) is 0 Å². The van der Waals surface area contributed by atoms with E-state index in [9.17, 15) is 14.3 Å². The molecule has 0 heterocycles. The molecule has 0 radical (unpaired) electrons. The van der Waals surface area contributed by atoms with Crippen LogP contribution in [0.3, 0.4) is 0 Å². The average Bonchev–Trinajstić information content (AvgIpc) is 2.12. The number of halogens is 1. The SMILES string of the molecule is O=C(O)C12CC3C[C@H](C1)C(F)[C@@H](C3)C2. The maximum absolute atomic E-state index is 13.7. The van der Waals surface area contributed by atoms with Gasteiger partial charge in [0, 0.05) is 0 Å². The molecule has 2 nitrogen and oxygen atoms in total. The third kappa shape index (κ3) is 0.931. The summed E-state index contributed by atoms with van der Waals surface area (Å²) in [5.41, 5.74) is -0.543. The predicted octanol–water partition coefficient (Wildman–Crippen LogP) is 2.24. The van der Waals surface area contributed by atoms with Crippen molar-refractivity contribution in [3.05, 3.63) is 0 Å². The molecule has 4 fully saturated rings. The van der Waals surface area contributed by atoms with Gasteiger partial charge < -0.3 is 5.11 Å². The average molecular weight is 198 g/mol. The van der Waals surface area contributed by atoms with Crippen molar-refractivity contribution < 1.29 is 14.3 Å². The monoisotopic (exact) mass is 198 g/mol. The van der Waals surface area contributed by atoms with Crippen molar-refractivity contribution >= 4 is 5.97 Å². The second-order valence-corrected chi connectivity index (χ2v) is 5.50. The highest BCUT2D eigenvalue weighted by atomic mass is 19.1. The van der Waals surface area contributed by atoms with Gasteiger partial charge in [-0.25, -0.2) is 4.39 Å². The second kappa shape index (κ2) is 2.50. The standard InChI is InChI=1S/C11H15FO2/c12-9-7-1-6-2-8(9)5-11(3-6,4-7)10(13)14/h6-9H,1-5H2,(H,13,14)/t6?,7-,8+,9?,11?. The zero-order chi connectivity index (χ0) is 9.92. The maximum atomic E-state index is 13.7. The summed E-state index contributed by atoms with van der Waals surface area (Å²) >= 11 is 0. The van der Waals surface area contributed by atoms with Gasteiger partial charge in [0.1, 0.15) is 6.17 Å². The first kappa shape index (κ1) is 8.69. The highest BCUT2D eigenvalue weighted by Crippen LogP contribution is 2.60. The second-order valence-electron chi connectivity index (χ2n) is 5.50. The Labute approximate surface area is 82.5 Å². The fourth-order valence-corrected chi connectivity index (χ4v) is 4.22. The minimum atomic E-state index is -0.709. The molecule has 4 saturated carbocycles. The quantitative estimate of drug-likeness (QED) is 0.701. The molecule has 4 bridgehead atoms. The molecule has 0 aliphatic heterocycles. The first-order valence-corrected chi connectivity index (χ1v) is 5.48. The normalized spacial score (nSPS) is 54.9. The topological polar surface area (TPSA) is 37.3 Å². The minimum Gasteiger partial charge on any atom is -0.481 e. The van der Waals surface area contributed by atoms with Gasteiger partial charge in [-0.15, -0.1) is 0 Å². The van der Waals surface area contributed by atoms with Gasteiger partial charge in [0.2, 0.25) is 0 Å². The molecule has 0 amide bonds. The summed E-state index contributed by atoms with van der Waals surface area (Å²) in [6.45, 7) is 0. The number of carboxylic acids is 1. The van der Waals surface area contributed by atoms with Crippen LogP contribution < -0.4 is 0 Å². The van der Waals surface area contributed by atoms with E-state index in [0.717, 1.165) is 19.3 Å². The van der Waals surface area contributed by atoms with Crippen molar-refractivity contribution in [3.8, 4) is 0 Å². The molecule has 4 rings (SSSR count). The predicted molar refractivity (Wildman–Crippen MR) is 48.5 cm³/mol. The Morgan fingerprint density at radius 2 is 1.79 bits per heavy atom. The summed E-state index contributed by atoms with van der Waals surface area (Å²) in [5, 5.41) is 9.24. The first-order valence-electron chi connectivity index (χ1n) is 5.48. The van der Waals surface area contributed by atoms with E-state index in [1.165, 1.54) is 0 Å². The van der Waals surface area contributed by atoms with Crippen molar-refractivity contribution in [3.63, 3.8) is 0 Å². The van der Waals surface area contributed by atoms with E-state index in [1.54, 1.807) is 0 Å². The number of carbonyl (C=O) groups is 1. The van der Waals surface area contributed by atoms with E-state index in [-0.39, 0.29) is 11.8 Å². The summed E-state index contributed by atoms with van der Waals surface area (Å²) in [7, 11) is 0. The summed E-state index contributed by atoms with van der Waals surface area (Å²) in [5.74, 6) is -0.0749. The van der Waals surface area contributed by atoms with Crippen LogP contribution in [0.25, 0.3) is 0 Å². The molecule has 78 valence electrons. The lowest BCUT2D eigenvalue weighted by Crippen LogP contribution is -2.54. The molecule has 0 aromatic rings. The van der Waals surface area contributed by atoms with E-state index in [2.05, 4.69) is 0 Å². The molecule has 3 unspecified atom stereocenters. The number of rotatable bonds is 1.